The molecule has 7 heteroatoms. The van der Waals surface area contributed by atoms with Crippen LogP contribution in [0.4, 0.5) is 5.69 Å². The highest BCUT2D eigenvalue weighted by atomic mass is 32.2. The van der Waals surface area contributed by atoms with Crippen LogP contribution in [0.15, 0.2) is 23.1 Å². The molecule has 6 nitrogen and oxygen atoms in total. The first-order chi connectivity index (χ1) is 12.5. The van der Waals surface area contributed by atoms with E-state index in [0.29, 0.717) is 30.9 Å². The summed E-state index contributed by atoms with van der Waals surface area (Å²) in [5.41, 5.74) is 1.11. The summed E-state index contributed by atoms with van der Waals surface area (Å²) in [5.74, 6) is -0.220. The lowest BCUT2D eigenvalue weighted by molar-refractivity contribution is 0.0953. The molecule has 1 saturated heterocycles. The van der Waals surface area contributed by atoms with E-state index >= 15 is 0 Å². The molecular formula is C19H31N3O3S. The average molecular weight is 382 g/mol. The quantitative estimate of drug-likeness (QED) is 0.668. The zero-order chi connectivity index (χ0) is 19.2. The van der Waals surface area contributed by atoms with Crippen LogP contribution in [-0.4, -0.2) is 51.4 Å². The lowest BCUT2D eigenvalue weighted by atomic mass is 10.1. The van der Waals surface area contributed by atoms with Crippen molar-refractivity contribution in [2.24, 2.45) is 0 Å². The second kappa shape index (κ2) is 9.37. The summed E-state index contributed by atoms with van der Waals surface area (Å²) in [6.45, 7) is 8.84. The van der Waals surface area contributed by atoms with Crippen LogP contribution in [0.1, 0.15) is 56.8 Å². The van der Waals surface area contributed by atoms with Crippen LogP contribution >= 0.6 is 0 Å². The fourth-order valence-electron chi connectivity index (χ4n) is 3.26. The Balaban J connectivity index is 2.43. The Bertz CT molecular complexity index is 709. The van der Waals surface area contributed by atoms with Crippen LogP contribution in [0.5, 0.6) is 0 Å². The monoisotopic (exact) mass is 381 g/mol. The second-order valence-corrected chi connectivity index (χ2v) is 8.48. The summed E-state index contributed by atoms with van der Waals surface area (Å²) in [6.07, 6.45) is 4.02. The number of sulfonamides is 1. The first kappa shape index (κ1) is 20.7. The summed E-state index contributed by atoms with van der Waals surface area (Å²) < 4.78 is 27.8. The zero-order valence-electron chi connectivity index (χ0n) is 16.1. The number of nitrogens with one attached hydrogen (secondary N) is 1. The molecular weight excluding hydrogens is 350 g/mol. The first-order valence-electron chi connectivity index (χ1n) is 9.63. The van der Waals surface area contributed by atoms with Gasteiger partial charge in [-0.15, -0.1) is 0 Å². The molecule has 0 radical (unpaired) electrons. The highest BCUT2D eigenvalue weighted by Gasteiger charge is 2.29. The van der Waals surface area contributed by atoms with Crippen molar-refractivity contribution in [1.29, 1.82) is 0 Å². The van der Waals surface area contributed by atoms with Crippen molar-refractivity contribution in [2.45, 2.75) is 51.3 Å². The Hall–Kier alpha value is -1.60. The number of amides is 1. The van der Waals surface area contributed by atoms with Crippen LogP contribution in [0.2, 0.25) is 0 Å². The number of anilines is 1. The van der Waals surface area contributed by atoms with Crippen molar-refractivity contribution in [2.75, 3.05) is 37.6 Å². The third-order valence-corrected chi connectivity index (χ3v) is 6.89. The van der Waals surface area contributed by atoms with E-state index in [1.54, 1.807) is 18.2 Å². The van der Waals surface area contributed by atoms with Crippen molar-refractivity contribution in [1.82, 2.24) is 9.62 Å². The molecule has 0 aromatic heterocycles. The van der Waals surface area contributed by atoms with Gasteiger partial charge in [0.05, 0.1) is 5.69 Å². The molecule has 0 unspecified atom stereocenters. The molecule has 146 valence electrons. The second-order valence-electron chi connectivity index (χ2n) is 6.58. The molecule has 0 spiro atoms. The fraction of sp³-hybridized carbons (Fsp3) is 0.632. The van der Waals surface area contributed by atoms with Gasteiger partial charge in [-0.2, -0.15) is 4.31 Å². The van der Waals surface area contributed by atoms with Gasteiger partial charge in [0.1, 0.15) is 4.90 Å². The van der Waals surface area contributed by atoms with Gasteiger partial charge in [0.2, 0.25) is 10.0 Å². The highest BCUT2D eigenvalue weighted by Crippen LogP contribution is 2.31. The van der Waals surface area contributed by atoms with Crippen molar-refractivity contribution in [3.05, 3.63) is 23.8 Å². The van der Waals surface area contributed by atoms with E-state index in [2.05, 4.69) is 17.1 Å². The zero-order valence-corrected chi connectivity index (χ0v) is 16.9. The Labute approximate surface area is 157 Å². The van der Waals surface area contributed by atoms with Gasteiger partial charge in [0.15, 0.2) is 0 Å². The summed E-state index contributed by atoms with van der Waals surface area (Å²) in [4.78, 5) is 14.8. The van der Waals surface area contributed by atoms with Crippen LogP contribution < -0.4 is 10.2 Å². The van der Waals surface area contributed by atoms with Crippen molar-refractivity contribution >= 4 is 21.6 Å². The van der Waals surface area contributed by atoms with Gasteiger partial charge in [-0.3, -0.25) is 4.79 Å². The molecule has 1 heterocycles. The van der Waals surface area contributed by atoms with E-state index in [4.69, 9.17) is 0 Å². The number of nitrogens with zero attached hydrogens (tertiary/aromatic N) is 2. The molecule has 2 rings (SSSR count). The Morgan fingerprint density at radius 2 is 1.81 bits per heavy atom. The normalized spacial score (nSPS) is 14.8. The standard InChI is InChI=1S/C19H31N3O3S/c1-4-7-12-20-19(23)16-10-11-17(21-13-8-9-14-21)18(15-16)26(24,25)22(5-2)6-3/h10-11,15H,4-9,12-14H2,1-3H3,(H,20,23). The van der Waals surface area contributed by atoms with E-state index in [9.17, 15) is 13.2 Å². The van der Waals surface area contributed by atoms with E-state index in [0.717, 1.165) is 38.8 Å². The van der Waals surface area contributed by atoms with Gasteiger partial charge in [0, 0.05) is 38.3 Å². The number of hydrogen-bond donors (Lipinski definition) is 1. The summed E-state index contributed by atoms with van der Waals surface area (Å²) >= 11 is 0. The van der Waals surface area contributed by atoms with Crippen molar-refractivity contribution in [3.63, 3.8) is 0 Å². The van der Waals surface area contributed by atoms with Crippen LogP contribution in [0.3, 0.4) is 0 Å². The van der Waals surface area contributed by atoms with Gasteiger partial charge < -0.3 is 10.2 Å². The largest absolute Gasteiger partial charge is 0.370 e. The number of carbonyl (C=O) groups excluding carboxylic acids is 1. The number of unbranched alkanes of at least 4 members (excludes halogenated alkanes) is 1. The first-order valence-corrected chi connectivity index (χ1v) is 11.1. The highest BCUT2D eigenvalue weighted by molar-refractivity contribution is 7.89. The maximum Gasteiger partial charge on any atom is 0.251 e. The SMILES string of the molecule is CCCCNC(=O)c1ccc(N2CCCC2)c(S(=O)(=O)N(CC)CC)c1. The summed E-state index contributed by atoms with van der Waals surface area (Å²) in [7, 11) is -3.64. The summed E-state index contributed by atoms with van der Waals surface area (Å²) in [5, 5.41) is 2.86. The van der Waals surface area contributed by atoms with Gasteiger partial charge in [-0.25, -0.2) is 8.42 Å². The molecule has 1 aliphatic rings. The Morgan fingerprint density at radius 1 is 1.15 bits per heavy atom. The maximum atomic E-state index is 13.2. The molecule has 0 bridgehead atoms. The molecule has 1 fully saturated rings. The Morgan fingerprint density at radius 3 is 2.38 bits per heavy atom. The van der Waals surface area contributed by atoms with E-state index < -0.39 is 10.0 Å². The molecule has 1 N–H and O–H groups in total. The summed E-state index contributed by atoms with van der Waals surface area (Å²) in [6, 6.07) is 5.06. The Kier molecular flexibility index (Phi) is 7.46. The molecule has 0 aliphatic carbocycles. The van der Waals surface area contributed by atoms with Gasteiger partial charge in [-0.05, 0) is 37.5 Å². The third kappa shape index (κ3) is 4.57. The third-order valence-electron chi connectivity index (χ3n) is 4.81. The minimum Gasteiger partial charge on any atom is -0.370 e. The molecule has 1 amide bonds. The minimum atomic E-state index is -3.64. The fourth-order valence-corrected chi connectivity index (χ4v) is 4.96. The average Bonchev–Trinajstić information content (AvgIpc) is 3.16. The number of rotatable bonds is 9. The topological polar surface area (TPSA) is 69.7 Å². The van der Waals surface area contributed by atoms with Crippen LogP contribution in [0, 0.1) is 0 Å². The number of hydrogen-bond acceptors (Lipinski definition) is 4. The van der Waals surface area contributed by atoms with Crippen LogP contribution in [0.25, 0.3) is 0 Å². The number of carbonyl (C=O) groups is 1. The molecule has 0 saturated carbocycles. The van der Waals surface area contributed by atoms with E-state index in [1.165, 1.54) is 4.31 Å². The van der Waals surface area contributed by atoms with Gasteiger partial charge in [0.25, 0.3) is 5.91 Å². The van der Waals surface area contributed by atoms with Gasteiger partial charge in [-0.1, -0.05) is 27.2 Å². The van der Waals surface area contributed by atoms with Crippen molar-refractivity contribution < 1.29 is 13.2 Å². The molecule has 26 heavy (non-hydrogen) atoms. The van der Waals surface area contributed by atoms with Crippen LogP contribution in [-0.2, 0) is 10.0 Å². The lowest BCUT2D eigenvalue weighted by Crippen LogP contribution is -2.33. The van der Waals surface area contributed by atoms with Gasteiger partial charge >= 0.3 is 0 Å². The molecule has 0 atom stereocenters. The predicted octanol–water partition coefficient (Wildman–Crippen LogP) is 2.85. The molecule has 1 aromatic carbocycles. The predicted molar refractivity (Wildman–Crippen MR) is 105 cm³/mol. The smallest absolute Gasteiger partial charge is 0.251 e. The van der Waals surface area contributed by atoms with E-state index in [1.807, 2.05) is 13.8 Å². The lowest BCUT2D eigenvalue weighted by Gasteiger charge is -2.25. The van der Waals surface area contributed by atoms with Crippen molar-refractivity contribution in [3.8, 4) is 0 Å². The molecule has 1 aromatic rings. The molecule has 1 aliphatic heterocycles. The minimum absolute atomic E-state index is 0.220. The maximum absolute atomic E-state index is 13.2. The number of benzene rings is 1. The van der Waals surface area contributed by atoms with E-state index in [-0.39, 0.29) is 10.8 Å².